The monoisotopic (exact) mass is 562 g/mol. The van der Waals surface area contributed by atoms with E-state index in [1.807, 2.05) is 0 Å². The van der Waals surface area contributed by atoms with Crippen LogP contribution >= 0.6 is 0 Å². The fourth-order valence-electron chi connectivity index (χ4n) is 7.08. The van der Waals surface area contributed by atoms with Crippen LogP contribution in [0.15, 0.2) is 158 Å². The van der Waals surface area contributed by atoms with Gasteiger partial charge in [0.1, 0.15) is 0 Å². The highest BCUT2D eigenvalue weighted by molar-refractivity contribution is 6.96. The van der Waals surface area contributed by atoms with Crippen molar-refractivity contribution in [1.29, 1.82) is 0 Å². The van der Waals surface area contributed by atoms with Crippen molar-refractivity contribution in [2.24, 2.45) is 0 Å². The molecule has 1 saturated heterocycles. The first-order chi connectivity index (χ1) is 21.8. The molecule has 2 aliphatic heterocycles. The molecule has 4 nitrogen and oxygen atoms in total. The Balaban J connectivity index is 1.24. The van der Waals surface area contributed by atoms with Crippen molar-refractivity contribution in [1.82, 2.24) is 14.4 Å². The Bertz CT molecular complexity index is 2130. The van der Waals surface area contributed by atoms with Crippen molar-refractivity contribution in [3.63, 3.8) is 0 Å². The van der Waals surface area contributed by atoms with Crippen LogP contribution in [-0.2, 0) is 0 Å². The van der Waals surface area contributed by atoms with Gasteiger partial charge in [0.25, 0.3) is 0 Å². The van der Waals surface area contributed by atoms with Crippen molar-refractivity contribution >= 4 is 64.8 Å². The maximum Gasteiger partial charge on any atom is 0.418 e. The summed E-state index contributed by atoms with van der Waals surface area (Å²) in [6, 6.07) is 56.8. The van der Waals surface area contributed by atoms with Gasteiger partial charge in [-0.2, -0.15) is 0 Å². The minimum atomic E-state index is -0.0369. The van der Waals surface area contributed by atoms with Crippen LogP contribution < -0.4 is 26.1 Å². The molecule has 2 aliphatic rings. The number of fused-ring (bicyclic) bond motifs is 5. The Hall–Kier alpha value is -5.61. The van der Waals surface area contributed by atoms with E-state index in [-0.39, 0.29) is 14.0 Å². The number of anilines is 1. The molecule has 206 valence electrons. The number of nitrogens with zero attached hydrogens (tertiary/aromatic N) is 4. The van der Waals surface area contributed by atoms with Crippen LogP contribution in [0.1, 0.15) is 0 Å². The first-order valence-electron chi connectivity index (χ1n) is 15.2. The molecule has 0 radical (unpaired) electrons. The molecular weight excluding hydrogens is 534 g/mol. The Kier molecular flexibility index (Phi) is 5.66. The molecule has 6 heteroatoms. The maximum absolute atomic E-state index is 2.55. The van der Waals surface area contributed by atoms with E-state index in [1.54, 1.807) is 0 Å². The molecule has 0 unspecified atom stereocenters. The molecule has 3 heterocycles. The van der Waals surface area contributed by atoms with E-state index < -0.39 is 0 Å². The zero-order valence-corrected chi connectivity index (χ0v) is 24.1. The molecule has 0 atom stereocenters. The molecule has 44 heavy (non-hydrogen) atoms. The highest BCUT2D eigenvalue weighted by Crippen LogP contribution is 2.34. The standard InChI is InChI=1S/C38H28B2N4/c1-3-15-31(16-4-1)39-41-27-29-13-7-8-14-30(29)28-42(41)40(32-17-5-2-6-18-32)44(39)34-25-23-33(24-26-34)43-37-21-11-9-19-35(37)36-20-10-12-22-38(36)43/h1-28H. The molecule has 9 rings (SSSR count). The first-order valence-corrected chi connectivity index (χ1v) is 15.2. The van der Waals surface area contributed by atoms with Gasteiger partial charge in [0, 0.05) is 34.5 Å². The largest absolute Gasteiger partial charge is 0.418 e. The van der Waals surface area contributed by atoms with Crippen molar-refractivity contribution < 1.29 is 0 Å². The topological polar surface area (TPSA) is 14.7 Å². The molecule has 1 aromatic heterocycles. The third-order valence-corrected chi connectivity index (χ3v) is 9.02. The van der Waals surface area contributed by atoms with Gasteiger partial charge < -0.3 is 19.1 Å². The van der Waals surface area contributed by atoms with E-state index >= 15 is 0 Å². The third-order valence-electron chi connectivity index (χ3n) is 9.02. The molecule has 0 bridgehead atoms. The van der Waals surface area contributed by atoms with Gasteiger partial charge in [-0.05, 0) is 57.8 Å². The summed E-state index contributed by atoms with van der Waals surface area (Å²) < 4.78 is 4.94. The van der Waals surface area contributed by atoms with Crippen LogP contribution in [0.4, 0.5) is 5.69 Å². The fraction of sp³-hybridized carbons (Fsp3) is 0. The maximum atomic E-state index is 2.55. The zero-order valence-electron chi connectivity index (χ0n) is 24.1. The number of aromatic nitrogens is 1. The summed E-state index contributed by atoms with van der Waals surface area (Å²) in [6.45, 7) is -0.0739. The van der Waals surface area contributed by atoms with Crippen molar-refractivity contribution in [3.05, 3.63) is 168 Å². The number of hydrazine groups is 1. The third kappa shape index (κ3) is 3.81. The fourth-order valence-corrected chi connectivity index (χ4v) is 7.08. The average molecular weight is 562 g/mol. The van der Waals surface area contributed by atoms with E-state index in [4.69, 9.17) is 0 Å². The lowest BCUT2D eigenvalue weighted by molar-refractivity contribution is 0.368. The van der Waals surface area contributed by atoms with E-state index in [0.717, 1.165) is 11.4 Å². The van der Waals surface area contributed by atoms with Crippen LogP contribution in [0.25, 0.3) is 39.9 Å². The van der Waals surface area contributed by atoms with Gasteiger partial charge in [0.15, 0.2) is 0 Å². The summed E-state index contributed by atoms with van der Waals surface area (Å²) in [7, 11) is 0. The van der Waals surface area contributed by atoms with Crippen LogP contribution in [0.5, 0.6) is 0 Å². The van der Waals surface area contributed by atoms with E-state index in [0.29, 0.717) is 0 Å². The molecule has 0 amide bonds. The van der Waals surface area contributed by atoms with Crippen molar-refractivity contribution in [2.75, 3.05) is 4.72 Å². The predicted octanol–water partition coefficient (Wildman–Crippen LogP) is 5.10. The summed E-state index contributed by atoms with van der Waals surface area (Å²) in [5, 5.41) is 4.99. The average Bonchev–Trinajstić information content (AvgIpc) is 3.61. The van der Waals surface area contributed by atoms with Gasteiger partial charge >= 0.3 is 14.0 Å². The second-order valence-corrected chi connectivity index (χ2v) is 11.5. The van der Waals surface area contributed by atoms with Crippen molar-refractivity contribution in [3.8, 4) is 5.69 Å². The van der Waals surface area contributed by atoms with E-state index in [1.165, 1.54) is 43.2 Å². The van der Waals surface area contributed by atoms with Gasteiger partial charge in [0.05, 0.1) is 11.0 Å². The van der Waals surface area contributed by atoms with Crippen LogP contribution in [0.2, 0.25) is 0 Å². The SMILES string of the molecule is C1=c2ccccc2=CN2B(c3ccccc3)N(c3ccc(-n4c5ccccc5c5ccccc54)cc3)B(c3ccccc3)N12. The molecule has 6 aromatic carbocycles. The van der Waals surface area contributed by atoms with Gasteiger partial charge in [0.2, 0.25) is 0 Å². The number of hydrogen-bond donors (Lipinski definition) is 0. The highest BCUT2D eigenvalue weighted by atomic mass is 15.6. The summed E-state index contributed by atoms with van der Waals surface area (Å²) in [5.41, 5.74) is 7.24. The van der Waals surface area contributed by atoms with Crippen LogP contribution in [0.3, 0.4) is 0 Å². The van der Waals surface area contributed by atoms with Gasteiger partial charge in [-0.1, -0.05) is 121 Å². The van der Waals surface area contributed by atoms with Gasteiger partial charge in [-0.3, -0.25) is 0 Å². The normalized spacial score (nSPS) is 14.0. The molecule has 0 saturated carbocycles. The van der Waals surface area contributed by atoms with Crippen LogP contribution in [-0.4, -0.2) is 28.4 Å². The Morgan fingerprint density at radius 3 is 1.27 bits per heavy atom. The quantitative estimate of drug-likeness (QED) is 0.278. The highest BCUT2D eigenvalue weighted by Gasteiger charge is 2.52. The number of hydrogen-bond acceptors (Lipinski definition) is 3. The van der Waals surface area contributed by atoms with Gasteiger partial charge in [-0.25, -0.2) is 0 Å². The molecule has 0 N–H and O–H groups in total. The van der Waals surface area contributed by atoms with E-state index in [2.05, 4.69) is 189 Å². The summed E-state index contributed by atoms with van der Waals surface area (Å²) in [5.74, 6) is 0. The second-order valence-electron chi connectivity index (χ2n) is 11.5. The Labute approximate surface area is 257 Å². The Morgan fingerprint density at radius 2 is 0.773 bits per heavy atom. The summed E-state index contributed by atoms with van der Waals surface area (Å²) in [6.07, 6.45) is 4.60. The lowest BCUT2D eigenvalue weighted by Crippen LogP contribution is -2.57. The number of para-hydroxylation sites is 2. The van der Waals surface area contributed by atoms with E-state index in [9.17, 15) is 0 Å². The number of rotatable bonds is 4. The smallest absolute Gasteiger partial charge is 0.413 e. The Morgan fingerprint density at radius 1 is 0.364 bits per heavy atom. The van der Waals surface area contributed by atoms with Crippen LogP contribution in [0, 0.1) is 0 Å². The summed E-state index contributed by atoms with van der Waals surface area (Å²) in [4.78, 5) is 4.80. The molecule has 1 fully saturated rings. The van der Waals surface area contributed by atoms with Crippen molar-refractivity contribution in [2.45, 2.75) is 0 Å². The molecule has 0 aliphatic carbocycles. The molecular formula is C38H28B2N4. The number of benzene rings is 6. The lowest BCUT2D eigenvalue weighted by Gasteiger charge is -2.32. The van der Waals surface area contributed by atoms with Gasteiger partial charge in [-0.15, -0.1) is 0 Å². The molecule has 0 spiro atoms. The predicted molar refractivity (Wildman–Crippen MR) is 185 cm³/mol. The molecule has 7 aromatic rings. The summed E-state index contributed by atoms with van der Waals surface area (Å²) >= 11 is 0. The first kappa shape index (κ1) is 24.9. The minimum absolute atomic E-state index is 0.0369. The lowest BCUT2D eigenvalue weighted by atomic mass is 9.55. The second kappa shape index (κ2) is 9.99. The zero-order chi connectivity index (χ0) is 29.0. The minimum Gasteiger partial charge on any atom is -0.413 e.